The summed E-state index contributed by atoms with van der Waals surface area (Å²) in [6.07, 6.45) is 6.46. The molecule has 0 bridgehead atoms. The Morgan fingerprint density at radius 1 is 0.840 bits per heavy atom. The van der Waals surface area contributed by atoms with Crippen molar-refractivity contribution in [2.45, 2.75) is 6.04 Å². The third-order valence-electron chi connectivity index (χ3n) is 5.02. The first kappa shape index (κ1) is 14.1. The monoisotopic (exact) mass is 323 g/mol. The van der Waals surface area contributed by atoms with Gasteiger partial charge in [0.1, 0.15) is 5.75 Å². The van der Waals surface area contributed by atoms with E-state index in [1.807, 2.05) is 18.2 Å². The number of phenolic OH excluding ortho intramolecular Hbond substituents is 1. The molecular formula is C23H17NO. The molecule has 2 aliphatic heterocycles. The fourth-order valence-electron chi connectivity index (χ4n) is 3.87. The Kier molecular flexibility index (Phi) is 3.04. The minimum absolute atomic E-state index is 0.137. The normalized spacial score (nSPS) is 18.8. The Balaban J connectivity index is 1.77. The van der Waals surface area contributed by atoms with Gasteiger partial charge in [-0.3, -0.25) is 0 Å². The second kappa shape index (κ2) is 5.38. The number of hydrogen-bond donors (Lipinski definition) is 1. The maximum atomic E-state index is 10.2. The summed E-state index contributed by atoms with van der Waals surface area (Å²) < 4.78 is 0. The van der Waals surface area contributed by atoms with Crippen LogP contribution in [0.5, 0.6) is 5.75 Å². The Labute approximate surface area is 147 Å². The summed E-state index contributed by atoms with van der Waals surface area (Å²) in [4.78, 5) is 2.32. The molecule has 5 rings (SSSR count). The molecule has 3 aromatic carbocycles. The zero-order chi connectivity index (χ0) is 16.8. The van der Waals surface area contributed by atoms with Gasteiger partial charge in [-0.05, 0) is 41.0 Å². The van der Waals surface area contributed by atoms with Gasteiger partial charge in [-0.25, -0.2) is 0 Å². The average Bonchev–Trinajstić information content (AvgIpc) is 2.98. The minimum atomic E-state index is 0.137. The fourth-order valence-corrected chi connectivity index (χ4v) is 3.87. The predicted octanol–water partition coefficient (Wildman–Crippen LogP) is 5.48. The SMILES string of the molecule is Oc1ccccc1C=C1c2ccccc2N2C=Cc3ccccc3C12. The van der Waals surface area contributed by atoms with Crippen LogP contribution in [0.1, 0.15) is 28.3 Å². The molecule has 0 aromatic heterocycles. The van der Waals surface area contributed by atoms with E-state index in [9.17, 15) is 5.11 Å². The third-order valence-corrected chi connectivity index (χ3v) is 5.02. The maximum absolute atomic E-state index is 10.2. The van der Waals surface area contributed by atoms with E-state index >= 15 is 0 Å². The van der Waals surface area contributed by atoms with Crippen molar-refractivity contribution in [3.63, 3.8) is 0 Å². The van der Waals surface area contributed by atoms with E-state index < -0.39 is 0 Å². The largest absolute Gasteiger partial charge is 0.507 e. The maximum Gasteiger partial charge on any atom is 0.122 e. The molecule has 3 aromatic rings. The van der Waals surface area contributed by atoms with Gasteiger partial charge in [0.25, 0.3) is 0 Å². The Morgan fingerprint density at radius 3 is 2.52 bits per heavy atom. The number of nitrogens with zero attached hydrogens (tertiary/aromatic N) is 1. The molecule has 2 heteroatoms. The van der Waals surface area contributed by atoms with Crippen LogP contribution < -0.4 is 4.90 Å². The number of phenols is 1. The molecule has 2 aliphatic rings. The highest BCUT2D eigenvalue weighted by Crippen LogP contribution is 2.52. The van der Waals surface area contributed by atoms with E-state index in [0.29, 0.717) is 5.75 Å². The first-order valence-corrected chi connectivity index (χ1v) is 8.47. The van der Waals surface area contributed by atoms with E-state index in [2.05, 4.69) is 71.8 Å². The number of hydrogen-bond acceptors (Lipinski definition) is 2. The highest BCUT2D eigenvalue weighted by Gasteiger charge is 2.36. The van der Waals surface area contributed by atoms with E-state index in [0.717, 1.165) is 5.56 Å². The van der Waals surface area contributed by atoms with E-state index in [1.54, 1.807) is 6.07 Å². The van der Waals surface area contributed by atoms with Gasteiger partial charge < -0.3 is 10.0 Å². The van der Waals surface area contributed by atoms with Crippen LogP contribution in [0.3, 0.4) is 0 Å². The van der Waals surface area contributed by atoms with Crippen LogP contribution in [0, 0.1) is 0 Å². The van der Waals surface area contributed by atoms with Crippen LogP contribution in [0.25, 0.3) is 17.7 Å². The lowest BCUT2D eigenvalue weighted by Gasteiger charge is -2.29. The summed E-state index contributed by atoms with van der Waals surface area (Å²) in [6, 6.07) is 24.6. The highest BCUT2D eigenvalue weighted by molar-refractivity contribution is 5.99. The number of fused-ring (bicyclic) bond motifs is 5. The highest BCUT2D eigenvalue weighted by atomic mass is 16.3. The van der Waals surface area contributed by atoms with Crippen LogP contribution in [0.15, 0.2) is 79.0 Å². The average molecular weight is 323 g/mol. The number of rotatable bonds is 1. The summed E-state index contributed by atoms with van der Waals surface area (Å²) in [6.45, 7) is 0. The van der Waals surface area contributed by atoms with Gasteiger partial charge >= 0.3 is 0 Å². The molecular weight excluding hydrogens is 306 g/mol. The standard InChI is InChI=1S/C23H17NO/c25-22-12-6-2-8-17(22)15-20-19-10-4-5-11-21(19)24-14-13-16-7-1-3-9-18(16)23(20)24/h1-15,23,25H. The third kappa shape index (κ3) is 2.11. The molecule has 2 nitrogen and oxygen atoms in total. The molecule has 2 heterocycles. The summed E-state index contributed by atoms with van der Waals surface area (Å²) in [5.74, 6) is 0.311. The number of aromatic hydroxyl groups is 1. The minimum Gasteiger partial charge on any atom is -0.507 e. The van der Waals surface area contributed by atoms with Gasteiger partial charge in [0.05, 0.1) is 6.04 Å². The Morgan fingerprint density at radius 2 is 1.60 bits per heavy atom. The van der Waals surface area contributed by atoms with Crippen molar-refractivity contribution in [1.82, 2.24) is 0 Å². The van der Waals surface area contributed by atoms with Crippen molar-refractivity contribution < 1.29 is 5.11 Å². The molecule has 1 N–H and O–H groups in total. The summed E-state index contributed by atoms with van der Waals surface area (Å²) in [5, 5.41) is 10.2. The fraction of sp³-hybridized carbons (Fsp3) is 0.0435. The van der Waals surface area contributed by atoms with Crippen molar-refractivity contribution in [3.8, 4) is 5.75 Å². The molecule has 0 saturated carbocycles. The summed E-state index contributed by atoms with van der Waals surface area (Å²) in [7, 11) is 0. The van der Waals surface area contributed by atoms with Crippen molar-refractivity contribution in [1.29, 1.82) is 0 Å². The molecule has 0 aliphatic carbocycles. The molecule has 0 radical (unpaired) electrons. The van der Waals surface area contributed by atoms with Crippen molar-refractivity contribution in [3.05, 3.63) is 101 Å². The van der Waals surface area contributed by atoms with Gasteiger partial charge in [0.15, 0.2) is 0 Å². The molecule has 0 fully saturated rings. The zero-order valence-electron chi connectivity index (χ0n) is 13.6. The number of para-hydroxylation sites is 2. The summed E-state index contributed by atoms with van der Waals surface area (Å²) in [5.41, 5.74) is 7.04. The van der Waals surface area contributed by atoms with E-state index in [4.69, 9.17) is 0 Å². The van der Waals surface area contributed by atoms with Gasteiger partial charge in [0.2, 0.25) is 0 Å². The zero-order valence-corrected chi connectivity index (χ0v) is 13.6. The number of anilines is 1. The smallest absolute Gasteiger partial charge is 0.122 e. The first-order valence-electron chi connectivity index (χ1n) is 8.47. The van der Waals surface area contributed by atoms with Crippen LogP contribution in [-0.2, 0) is 0 Å². The molecule has 1 unspecified atom stereocenters. The Bertz CT molecular complexity index is 1030. The van der Waals surface area contributed by atoms with Crippen LogP contribution >= 0.6 is 0 Å². The topological polar surface area (TPSA) is 23.5 Å². The molecule has 0 spiro atoms. The summed E-state index contributed by atoms with van der Waals surface area (Å²) >= 11 is 0. The van der Waals surface area contributed by atoms with Gasteiger partial charge in [-0.1, -0.05) is 60.7 Å². The lowest BCUT2D eigenvalue weighted by molar-refractivity contribution is 0.474. The second-order valence-electron chi connectivity index (χ2n) is 6.43. The van der Waals surface area contributed by atoms with Gasteiger partial charge in [-0.2, -0.15) is 0 Å². The molecule has 25 heavy (non-hydrogen) atoms. The second-order valence-corrected chi connectivity index (χ2v) is 6.43. The van der Waals surface area contributed by atoms with Gasteiger partial charge in [0, 0.05) is 23.0 Å². The van der Waals surface area contributed by atoms with E-state index in [1.165, 1.54) is 28.0 Å². The number of benzene rings is 3. The molecule has 120 valence electrons. The molecule has 0 amide bonds. The van der Waals surface area contributed by atoms with Gasteiger partial charge in [-0.15, -0.1) is 0 Å². The Hall–Kier alpha value is -3.26. The van der Waals surface area contributed by atoms with E-state index in [-0.39, 0.29) is 6.04 Å². The molecule has 0 saturated heterocycles. The predicted molar refractivity (Wildman–Crippen MR) is 103 cm³/mol. The van der Waals surface area contributed by atoms with Crippen LogP contribution in [-0.4, -0.2) is 5.11 Å². The van der Waals surface area contributed by atoms with Crippen molar-refractivity contribution in [2.75, 3.05) is 4.90 Å². The van der Waals surface area contributed by atoms with Crippen molar-refractivity contribution >= 4 is 23.4 Å². The quantitative estimate of drug-likeness (QED) is 0.641. The van der Waals surface area contributed by atoms with Crippen LogP contribution in [0.2, 0.25) is 0 Å². The lowest BCUT2D eigenvalue weighted by Crippen LogP contribution is -2.21. The van der Waals surface area contributed by atoms with Crippen molar-refractivity contribution in [2.24, 2.45) is 0 Å². The molecule has 1 atom stereocenters. The van der Waals surface area contributed by atoms with Crippen LogP contribution in [0.4, 0.5) is 5.69 Å². The first-order chi connectivity index (χ1) is 12.3. The lowest BCUT2D eigenvalue weighted by atomic mass is 9.90.